The summed E-state index contributed by atoms with van der Waals surface area (Å²) in [6.07, 6.45) is 1.70. The first-order chi connectivity index (χ1) is 11.0. The van der Waals surface area contributed by atoms with Gasteiger partial charge in [0.15, 0.2) is 8.32 Å². The smallest absolute Gasteiger partial charge is 0.330 e. The minimum Gasteiger partial charge on any atom is -0.411 e. The Morgan fingerprint density at radius 3 is 2.58 bits per heavy atom. The molecule has 0 bridgehead atoms. The van der Waals surface area contributed by atoms with Crippen LogP contribution in [0.15, 0.2) is 15.8 Å². The van der Waals surface area contributed by atoms with Gasteiger partial charge < -0.3 is 9.16 Å². The molecule has 1 aromatic rings. The molecule has 6 nitrogen and oxygen atoms in total. The Bertz CT molecular complexity index is 707. The number of nitrogens with zero attached hydrogens (tertiary/aromatic N) is 1. The maximum atomic E-state index is 12.1. The van der Waals surface area contributed by atoms with Crippen LogP contribution in [0.5, 0.6) is 0 Å². The summed E-state index contributed by atoms with van der Waals surface area (Å²) >= 11 is 2.29. The third kappa shape index (κ3) is 4.02. The molecule has 24 heavy (non-hydrogen) atoms. The van der Waals surface area contributed by atoms with Gasteiger partial charge in [0, 0.05) is 22.6 Å². The number of alkyl halides is 1. The van der Waals surface area contributed by atoms with Crippen molar-refractivity contribution < 1.29 is 9.16 Å². The van der Waals surface area contributed by atoms with Crippen molar-refractivity contribution in [1.29, 1.82) is 0 Å². The van der Waals surface area contributed by atoms with Gasteiger partial charge in [-0.25, -0.2) is 4.79 Å². The topological polar surface area (TPSA) is 73.3 Å². The number of hydrogen-bond donors (Lipinski definition) is 1. The number of nitrogens with one attached hydrogen (secondary N) is 1. The van der Waals surface area contributed by atoms with Crippen molar-refractivity contribution in [3.63, 3.8) is 0 Å². The highest BCUT2D eigenvalue weighted by Gasteiger charge is 2.44. The zero-order chi connectivity index (χ0) is 18.3. The largest absolute Gasteiger partial charge is 0.411 e. The summed E-state index contributed by atoms with van der Waals surface area (Å²) in [5, 5.41) is 0.117. The van der Waals surface area contributed by atoms with E-state index in [1.54, 1.807) is 13.1 Å². The Balaban J connectivity index is 2.25. The van der Waals surface area contributed by atoms with E-state index in [4.69, 9.17) is 9.16 Å². The lowest BCUT2D eigenvalue weighted by molar-refractivity contribution is -0.00440. The van der Waals surface area contributed by atoms with Gasteiger partial charge in [-0.2, -0.15) is 0 Å². The molecule has 0 aromatic carbocycles. The van der Waals surface area contributed by atoms with Crippen molar-refractivity contribution in [2.24, 2.45) is 0 Å². The molecule has 136 valence electrons. The lowest BCUT2D eigenvalue weighted by atomic mass is 10.2. The van der Waals surface area contributed by atoms with E-state index < -0.39 is 20.2 Å². The molecule has 1 unspecified atom stereocenters. The van der Waals surface area contributed by atoms with Crippen molar-refractivity contribution in [3.8, 4) is 0 Å². The van der Waals surface area contributed by atoms with Crippen molar-refractivity contribution in [2.75, 3.05) is 4.43 Å². The zero-order valence-corrected chi connectivity index (χ0v) is 18.3. The molecule has 0 aliphatic carbocycles. The second-order valence-electron chi connectivity index (χ2n) is 7.91. The second-order valence-corrected chi connectivity index (χ2v) is 13.6. The minimum atomic E-state index is -1.92. The molecule has 3 atom stereocenters. The van der Waals surface area contributed by atoms with Crippen molar-refractivity contribution in [1.82, 2.24) is 9.55 Å². The van der Waals surface area contributed by atoms with Gasteiger partial charge in [0.25, 0.3) is 5.56 Å². The zero-order valence-electron chi connectivity index (χ0n) is 15.2. The average Bonchev–Trinajstić information content (AvgIpc) is 2.83. The highest BCUT2D eigenvalue weighted by atomic mass is 127. The van der Waals surface area contributed by atoms with Crippen LogP contribution in [0.4, 0.5) is 0 Å². The van der Waals surface area contributed by atoms with Gasteiger partial charge in [0.1, 0.15) is 6.23 Å². The van der Waals surface area contributed by atoms with E-state index in [2.05, 4.69) is 61.4 Å². The van der Waals surface area contributed by atoms with Crippen LogP contribution in [0, 0.1) is 6.92 Å². The molecule has 2 heterocycles. The van der Waals surface area contributed by atoms with Crippen molar-refractivity contribution >= 4 is 30.9 Å². The molecule has 1 N–H and O–H groups in total. The molecule has 1 fully saturated rings. The van der Waals surface area contributed by atoms with E-state index >= 15 is 0 Å². The third-order valence-corrected chi connectivity index (χ3v) is 10.4. The fourth-order valence-corrected chi connectivity index (χ4v) is 4.62. The fraction of sp³-hybridized carbons (Fsp3) is 0.750. The number of aromatic amines is 1. The first-order valence-electron chi connectivity index (χ1n) is 8.17. The fourth-order valence-electron chi connectivity index (χ4n) is 2.49. The summed E-state index contributed by atoms with van der Waals surface area (Å²) < 4.78 is 14.9. The summed E-state index contributed by atoms with van der Waals surface area (Å²) in [5.41, 5.74) is -0.289. The van der Waals surface area contributed by atoms with Gasteiger partial charge in [-0.15, -0.1) is 0 Å². The number of H-pyrrole nitrogens is 1. The number of rotatable bonds is 4. The van der Waals surface area contributed by atoms with Crippen LogP contribution in [0.1, 0.15) is 39.0 Å². The van der Waals surface area contributed by atoms with Crippen LogP contribution in [-0.2, 0) is 9.16 Å². The molecule has 2 rings (SSSR count). The second kappa shape index (κ2) is 7.04. The van der Waals surface area contributed by atoms with Gasteiger partial charge in [0.05, 0.1) is 12.2 Å². The Hall–Kier alpha value is -0.453. The maximum Gasteiger partial charge on any atom is 0.330 e. The maximum absolute atomic E-state index is 12.1. The summed E-state index contributed by atoms with van der Waals surface area (Å²) in [5.74, 6) is 0. The van der Waals surface area contributed by atoms with Crippen LogP contribution < -0.4 is 11.2 Å². The number of ether oxygens (including phenoxy) is 1. The third-order valence-electron chi connectivity index (χ3n) is 5.04. The summed E-state index contributed by atoms with van der Waals surface area (Å²) in [7, 11) is -1.92. The highest BCUT2D eigenvalue weighted by Crippen LogP contribution is 2.41. The molecule has 1 saturated heterocycles. The van der Waals surface area contributed by atoms with Gasteiger partial charge in [-0.3, -0.25) is 14.3 Å². The van der Waals surface area contributed by atoms with Crippen LogP contribution >= 0.6 is 22.6 Å². The van der Waals surface area contributed by atoms with Gasteiger partial charge in [0.2, 0.25) is 0 Å². The molecule has 1 aliphatic heterocycles. The SMILES string of the molecule is Cc1cn([C@H]2CC(O[Si](C)(C)C(C)(C)C)[C@@H](CI)O2)c(=O)[nH]c1=O. The van der Waals surface area contributed by atoms with Crippen LogP contribution in [-0.4, -0.2) is 34.5 Å². The highest BCUT2D eigenvalue weighted by molar-refractivity contribution is 14.1. The summed E-state index contributed by atoms with van der Waals surface area (Å²) in [6.45, 7) is 12.8. The molecule has 0 radical (unpaired) electrons. The van der Waals surface area contributed by atoms with Crippen molar-refractivity contribution in [3.05, 3.63) is 32.6 Å². The number of aryl methyl sites for hydroxylation is 1. The predicted octanol–water partition coefficient (Wildman–Crippen LogP) is 2.96. The van der Waals surface area contributed by atoms with Gasteiger partial charge in [-0.05, 0) is 25.1 Å². The number of hydrogen-bond acceptors (Lipinski definition) is 4. The molecular formula is C16H27IN2O4Si. The quantitative estimate of drug-likeness (QED) is 0.421. The van der Waals surface area contributed by atoms with E-state index in [1.807, 2.05) is 0 Å². The summed E-state index contributed by atoms with van der Waals surface area (Å²) in [4.78, 5) is 26.0. The van der Waals surface area contributed by atoms with E-state index in [9.17, 15) is 9.59 Å². The molecule has 1 aliphatic rings. The summed E-state index contributed by atoms with van der Waals surface area (Å²) in [6, 6.07) is 0. The minimum absolute atomic E-state index is 0.0353. The van der Waals surface area contributed by atoms with E-state index in [0.717, 1.165) is 4.43 Å². The number of halogens is 1. The van der Waals surface area contributed by atoms with Crippen LogP contribution in [0.25, 0.3) is 0 Å². The Morgan fingerprint density at radius 1 is 1.42 bits per heavy atom. The molecule has 0 spiro atoms. The predicted molar refractivity (Wildman–Crippen MR) is 106 cm³/mol. The first-order valence-corrected chi connectivity index (χ1v) is 12.6. The lowest BCUT2D eigenvalue weighted by Crippen LogP contribution is -2.46. The monoisotopic (exact) mass is 466 g/mol. The normalized spacial score (nSPS) is 25.2. The Labute approximate surface area is 157 Å². The van der Waals surface area contributed by atoms with Crippen LogP contribution in [0.3, 0.4) is 0 Å². The molecule has 0 amide bonds. The van der Waals surface area contributed by atoms with E-state index in [-0.39, 0.29) is 22.8 Å². The first kappa shape index (κ1) is 19.9. The van der Waals surface area contributed by atoms with Gasteiger partial charge >= 0.3 is 5.69 Å². The van der Waals surface area contributed by atoms with Gasteiger partial charge in [-0.1, -0.05) is 43.4 Å². The Morgan fingerprint density at radius 2 is 2.04 bits per heavy atom. The van der Waals surface area contributed by atoms with Crippen molar-refractivity contribution in [2.45, 2.75) is 70.7 Å². The standard InChI is InChI=1S/C16H27IN2O4Si/c1-10-9-19(15(21)18-14(10)20)13-7-11(12(8-17)22-13)23-24(5,6)16(2,3)4/h9,11-13H,7-8H2,1-6H3,(H,18,20,21)/t11?,12-,13-/m1/s1. The lowest BCUT2D eigenvalue weighted by Gasteiger charge is -2.39. The van der Waals surface area contributed by atoms with E-state index in [0.29, 0.717) is 12.0 Å². The van der Waals surface area contributed by atoms with E-state index in [1.165, 1.54) is 4.57 Å². The molecule has 1 aromatic heterocycles. The molecule has 8 heteroatoms. The molecule has 0 saturated carbocycles. The average molecular weight is 466 g/mol. The van der Waals surface area contributed by atoms with Crippen LogP contribution in [0.2, 0.25) is 18.1 Å². The molecular weight excluding hydrogens is 439 g/mol. The Kier molecular flexibility index (Phi) is 5.83. The number of aromatic nitrogens is 2.